The van der Waals surface area contributed by atoms with Crippen molar-refractivity contribution in [1.82, 2.24) is 19.9 Å². The number of fused-ring (bicyclic) bond motifs is 2. The fourth-order valence-corrected chi connectivity index (χ4v) is 5.95. The highest BCUT2D eigenvalue weighted by molar-refractivity contribution is 7.18. The van der Waals surface area contributed by atoms with Crippen LogP contribution in [0.5, 0.6) is 0 Å². The molecule has 6 heteroatoms. The molecule has 164 valence electrons. The molecule has 32 heavy (non-hydrogen) atoms. The fraction of sp³-hybridized carbons (Fsp3) is 0.423. The molecule has 4 heterocycles. The van der Waals surface area contributed by atoms with E-state index in [1.165, 1.54) is 22.5 Å². The first kappa shape index (κ1) is 20.1. The number of rotatable bonds is 5. The van der Waals surface area contributed by atoms with E-state index in [1.807, 2.05) is 23.6 Å². The molecule has 0 bridgehead atoms. The second-order valence-electron chi connectivity index (χ2n) is 9.50. The van der Waals surface area contributed by atoms with E-state index >= 15 is 0 Å². The van der Waals surface area contributed by atoms with Gasteiger partial charge in [-0.3, -0.25) is 4.98 Å². The number of benzene rings is 1. The number of anilines is 2. The van der Waals surface area contributed by atoms with Crippen molar-refractivity contribution in [1.29, 1.82) is 0 Å². The summed E-state index contributed by atoms with van der Waals surface area (Å²) < 4.78 is 1.25. The molecule has 6 rings (SSSR count). The molecule has 1 aromatic carbocycles. The van der Waals surface area contributed by atoms with Crippen LogP contribution in [0.1, 0.15) is 62.1 Å². The van der Waals surface area contributed by atoms with Crippen molar-refractivity contribution in [3.8, 4) is 0 Å². The Labute approximate surface area is 192 Å². The predicted molar refractivity (Wildman–Crippen MR) is 133 cm³/mol. The van der Waals surface area contributed by atoms with Crippen LogP contribution in [-0.2, 0) is 0 Å². The van der Waals surface area contributed by atoms with Gasteiger partial charge in [0.15, 0.2) is 0 Å². The molecule has 1 aliphatic heterocycles. The lowest BCUT2D eigenvalue weighted by molar-refractivity contribution is 0.171. The molecular weight excluding hydrogens is 414 g/mol. The Morgan fingerprint density at radius 3 is 2.59 bits per heavy atom. The van der Waals surface area contributed by atoms with Gasteiger partial charge in [0.2, 0.25) is 0 Å². The average Bonchev–Trinajstić information content (AvgIpc) is 3.58. The van der Waals surface area contributed by atoms with Gasteiger partial charge in [-0.25, -0.2) is 9.97 Å². The summed E-state index contributed by atoms with van der Waals surface area (Å²) in [7, 11) is 0. The van der Waals surface area contributed by atoms with E-state index in [1.54, 1.807) is 0 Å². The van der Waals surface area contributed by atoms with Gasteiger partial charge in [0, 0.05) is 40.8 Å². The number of likely N-dealkylation sites (tertiary alicyclic amines) is 1. The van der Waals surface area contributed by atoms with Gasteiger partial charge >= 0.3 is 0 Å². The Hall–Kier alpha value is -2.57. The molecule has 0 unspecified atom stereocenters. The summed E-state index contributed by atoms with van der Waals surface area (Å²) in [6.45, 7) is 6.85. The predicted octanol–water partition coefficient (Wildman–Crippen LogP) is 6.45. The molecule has 2 aliphatic rings. The molecule has 5 nitrogen and oxygen atoms in total. The number of hydrogen-bond acceptors (Lipinski definition) is 6. The van der Waals surface area contributed by atoms with Crippen molar-refractivity contribution in [2.75, 3.05) is 18.4 Å². The van der Waals surface area contributed by atoms with Crippen LogP contribution < -0.4 is 5.32 Å². The normalized spacial score (nSPS) is 18.1. The van der Waals surface area contributed by atoms with Gasteiger partial charge in [0.25, 0.3) is 0 Å². The lowest BCUT2D eigenvalue weighted by Crippen LogP contribution is -2.38. The topological polar surface area (TPSA) is 53.9 Å². The van der Waals surface area contributed by atoms with E-state index in [0.717, 1.165) is 59.5 Å². The first-order valence-electron chi connectivity index (χ1n) is 11.8. The van der Waals surface area contributed by atoms with Gasteiger partial charge in [-0.15, -0.1) is 11.3 Å². The van der Waals surface area contributed by atoms with Crippen LogP contribution in [0.2, 0.25) is 0 Å². The average molecular weight is 444 g/mol. The maximum Gasteiger partial charge on any atom is 0.140 e. The van der Waals surface area contributed by atoms with Gasteiger partial charge in [0.05, 0.1) is 20.7 Å². The van der Waals surface area contributed by atoms with E-state index in [-0.39, 0.29) is 0 Å². The number of thiazole rings is 1. The highest BCUT2D eigenvalue weighted by Crippen LogP contribution is 2.43. The summed E-state index contributed by atoms with van der Waals surface area (Å²) in [6.07, 6.45) is 6.76. The third kappa shape index (κ3) is 3.86. The van der Waals surface area contributed by atoms with Crippen molar-refractivity contribution in [3.05, 3.63) is 53.3 Å². The fourth-order valence-electron chi connectivity index (χ4n) is 4.77. The molecule has 1 aliphatic carbocycles. The van der Waals surface area contributed by atoms with Crippen LogP contribution in [-0.4, -0.2) is 39.0 Å². The first-order valence-corrected chi connectivity index (χ1v) is 12.6. The second kappa shape index (κ2) is 8.09. The maximum absolute atomic E-state index is 5.13. The molecule has 1 N–H and O–H groups in total. The smallest absolute Gasteiger partial charge is 0.140 e. The Morgan fingerprint density at radius 1 is 0.969 bits per heavy atom. The SMILES string of the molecule is CC(C)N1CCC(c2cc3ncccc3c(Nc3ccc4nc(C5CC5)sc4c3)n2)CC1. The van der Waals surface area contributed by atoms with Crippen molar-refractivity contribution >= 4 is 44.0 Å². The van der Waals surface area contributed by atoms with Crippen LogP contribution in [0.4, 0.5) is 11.5 Å². The van der Waals surface area contributed by atoms with Crippen molar-refractivity contribution in [3.63, 3.8) is 0 Å². The summed E-state index contributed by atoms with van der Waals surface area (Å²) >= 11 is 1.84. The first-order chi connectivity index (χ1) is 15.6. The van der Waals surface area contributed by atoms with Gasteiger partial charge in [-0.05, 0) is 89.0 Å². The number of piperidine rings is 1. The van der Waals surface area contributed by atoms with Crippen LogP contribution >= 0.6 is 11.3 Å². The summed E-state index contributed by atoms with van der Waals surface area (Å²) in [5, 5.41) is 5.98. The minimum absolute atomic E-state index is 0.488. The highest BCUT2D eigenvalue weighted by atomic mass is 32.1. The van der Waals surface area contributed by atoms with Crippen LogP contribution in [0.25, 0.3) is 21.1 Å². The lowest BCUT2D eigenvalue weighted by atomic mass is 9.92. The summed E-state index contributed by atoms with van der Waals surface area (Å²) in [5.41, 5.74) is 4.35. The van der Waals surface area contributed by atoms with E-state index < -0.39 is 0 Å². The molecule has 4 aromatic rings. The van der Waals surface area contributed by atoms with Gasteiger partial charge in [0.1, 0.15) is 5.82 Å². The zero-order valence-corrected chi connectivity index (χ0v) is 19.5. The summed E-state index contributed by atoms with van der Waals surface area (Å²) in [4.78, 5) is 17.2. The molecule has 1 saturated heterocycles. The standard InChI is InChI=1S/C26H29N5S/c1-16(2)31-12-9-17(10-13-31)22-15-23-20(4-3-11-27-23)25(29-22)28-19-7-8-21-24(14-19)32-26(30-21)18-5-6-18/h3-4,7-8,11,14-18H,5-6,9-10,12-13H2,1-2H3,(H,28,29). The van der Waals surface area contributed by atoms with E-state index in [0.29, 0.717) is 17.9 Å². The quantitative estimate of drug-likeness (QED) is 0.384. The number of hydrogen-bond donors (Lipinski definition) is 1. The third-order valence-electron chi connectivity index (χ3n) is 6.89. The van der Waals surface area contributed by atoms with Gasteiger partial charge < -0.3 is 10.2 Å². The number of nitrogens with zero attached hydrogens (tertiary/aromatic N) is 4. The minimum atomic E-state index is 0.488. The summed E-state index contributed by atoms with van der Waals surface area (Å²) in [6, 6.07) is 13.4. The van der Waals surface area contributed by atoms with Gasteiger partial charge in [-0.1, -0.05) is 0 Å². The van der Waals surface area contributed by atoms with Crippen LogP contribution in [0, 0.1) is 0 Å². The Balaban J connectivity index is 1.32. The molecule has 1 saturated carbocycles. The van der Waals surface area contributed by atoms with Crippen molar-refractivity contribution in [2.24, 2.45) is 0 Å². The minimum Gasteiger partial charge on any atom is -0.340 e. The van der Waals surface area contributed by atoms with E-state index in [2.05, 4.69) is 59.4 Å². The highest BCUT2D eigenvalue weighted by Gasteiger charge is 2.27. The number of nitrogens with one attached hydrogen (secondary N) is 1. The Morgan fingerprint density at radius 2 is 1.81 bits per heavy atom. The zero-order chi connectivity index (χ0) is 21.7. The largest absolute Gasteiger partial charge is 0.340 e. The summed E-state index contributed by atoms with van der Waals surface area (Å²) in [5.74, 6) is 2.09. The van der Waals surface area contributed by atoms with Crippen molar-refractivity contribution < 1.29 is 0 Å². The molecule has 0 spiro atoms. The van der Waals surface area contributed by atoms with Crippen LogP contribution in [0.3, 0.4) is 0 Å². The zero-order valence-electron chi connectivity index (χ0n) is 18.7. The third-order valence-corrected chi connectivity index (χ3v) is 8.07. The maximum atomic E-state index is 5.13. The van der Waals surface area contributed by atoms with Gasteiger partial charge in [-0.2, -0.15) is 0 Å². The molecule has 0 amide bonds. The number of pyridine rings is 2. The second-order valence-corrected chi connectivity index (χ2v) is 10.6. The molecular formula is C26H29N5S. The van der Waals surface area contributed by atoms with Crippen LogP contribution in [0.15, 0.2) is 42.6 Å². The monoisotopic (exact) mass is 443 g/mol. The Kier molecular flexibility index (Phi) is 5.07. The molecule has 2 fully saturated rings. The lowest BCUT2D eigenvalue weighted by Gasteiger charge is -2.34. The molecule has 3 aromatic heterocycles. The number of aromatic nitrogens is 3. The molecule has 0 atom stereocenters. The van der Waals surface area contributed by atoms with E-state index in [4.69, 9.17) is 9.97 Å². The van der Waals surface area contributed by atoms with Crippen molar-refractivity contribution in [2.45, 2.75) is 57.4 Å². The van der Waals surface area contributed by atoms with E-state index in [9.17, 15) is 0 Å². The Bertz CT molecular complexity index is 1270. The molecule has 0 radical (unpaired) electrons.